The van der Waals surface area contributed by atoms with Gasteiger partial charge in [-0.3, -0.25) is 4.90 Å². The molecule has 4 nitrogen and oxygen atoms in total. The molecule has 1 aromatic rings. The van der Waals surface area contributed by atoms with Crippen molar-refractivity contribution < 1.29 is 9.84 Å². The molecule has 2 N–H and O–H groups in total. The molecule has 1 aromatic carbocycles. The molecule has 0 aromatic heterocycles. The van der Waals surface area contributed by atoms with Gasteiger partial charge in [0.1, 0.15) is 0 Å². The number of nitrogens with one attached hydrogen (secondary N) is 1. The van der Waals surface area contributed by atoms with E-state index in [2.05, 4.69) is 29.3 Å². The first-order valence-electron chi connectivity index (χ1n) is 7.39. The van der Waals surface area contributed by atoms with Crippen LogP contribution in [0.3, 0.4) is 0 Å². The highest BCUT2D eigenvalue weighted by Crippen LogP contribution is 2.25. The average molecular weight is 278 g/mol. The predicted octanol–water partition coefficient (Wildman–Crippen LogP) is 1.20. The highest BCUT2D eigenvalue weighted by Gasteiger charge is 2.31. The lowest BCUT2D eigenvalue weighted by Crippen LogP contribution is -2.49. The van der Waals surface area contributed by atoms with Gasteiger partial charge in [0.2, 0.25) is 0 Å². The van der Waals surface area contributed by atoms with Crippen molar-refractivity contribution in [3.05, 3.63) is 35.9 Å². The van der Waals surface area contributed by atoms with Crippen molar-refractivity contribution in [1.29, 1.82) is 0 Å². The van der Waals surface area contributed by atoms with Crippen LogP contribution in [-0.4, -0.2) is 56.0 Å². The van der Waals surface area contributed by atoms with Crippen LogP contribution in [0.4, 0.5) is 0 Å². The second-order valence-corrected chi connectivity index (χ2v) is 5.57. The van der Waals surface area contributed by atoms with Crippen LogP contribution in [0.2, 0.25) is 0 Å². The lowest BCUT2D eigenvalue weighted by atomic mass is 9.87. The number of benzene rings is 1. The molecule has 1 saturated heterocycles. The van der Waals surface area contributed by atoms with Gasteiger partial charge in [-0.05, 0) is 26.0 Å². The summed E-state index contributed by atoms with van der Waals surface area (Å²) >= 11 is 0. The second kappa shape index (κ2) is 7.18. The van der Waals surface area contributed by atoms with Crippen LogP contribution in [-0.2, 0) is 10.3 Å². The summed E-state index contributed by atoms with van der Waals surface area (Å²) in [6.45, 7) is 5.84. The van der Waals surface area contributed by atoms with Gasteiger partial charge < -0.3 is 15.2 Å². The molecule has 0 saturated carbocycles. The normalized spacial score (nSPS) is 23.4. The van der Waals surface area contributed by atoms with Crippen molar-refractivity contribution in [2.75, 3.05) is 40.0 Å². The van der Waals surface area contributed by atoms with Crippen LogP contribution in [0.15, 0.2) is 30.3 Å². The Morgan fingerprint density at radius 1 is 1.40 bits per heavy atom. The summed E-state index contributed by atoms with van der Waals surface area (Å²) in [4.78, 5) is 2.44. The smallest absolute Gasteiger partial charge is 0.0678 e. The number of rotatable bonds is 6. The summed E-state index contributed by atoms with van der Waals surface area (Å²) in [5, 5.41) is 13.2. The van der Waals surface area contributed by atoms with Crippen LogP contribution in [0.1, 0.15) is 18.9 Å². The van der Waals surface area contributed by atoms with E-state index in [4.69, 9.17) is 4.74 Å². The standard InChI is InChI=1S/C16H26N2O2/c1-14-12-20-11-10-18(14)9-8-16(13-19,17-2)15-6-4-3-5-7-15/h3-7,14,17,19H,8-13H2,1-2H3. The number of morpholine rings is 1. The van der Waals surface area contributed by atoms with Crippen LogP contribution >= 0.6 is 0 Å². The van der Waals surface area contributed by atoms with Crippen molar-refractivity contribution in [1.82, 2.24) is 10.2 Å². The van der Waals surface area contributed by atoms with E-state index in [1.165, 1.54) is 0 Å². The Kier molecular flexibility index (Phi) is 5.54. The summed E-state index contributed by atoms with van der Waals surface area (Å²) in [5.74, 6) is 0. The van der Waals surface area contributed by atoms with Crippen LogP contribution in [0.25, 0.3) is 0 Å². The van der Waals surface area contributed by atoms with Gasteiger partial charge in [0.15, 0.2) is 0 Å². The van der Waals surface area contributed by atoms with Gasteiger partial charge in [-0.25, -0.2) is 0 Å². The molecule has 1 fully saturated rings. The lowest BCUT2D eigenvalue weighted by molar-refractivity contribution is -0.00628. The number of hydrogen-bond acceptors (Lipinski definition) is 4. The zero-order valence-electron chi connectivity index (χ0n) is 12.5. The molecule has 1 heterocycles. The van der Waals surface area contributed by atoms with E-state index < -0.39 is 0 Å². The lowest BCUT2D eigenvalue weighted by Gasteiger charge is -2.38. The fraction of sp³-hybridized carbons (Fsp3) is 0.625. The topological polar surface area (TPSA) is 44.7 Å². The van der Waals surface area contributed by atoms with Gasteiger partial charge in [-0.1, -0.05) is 30.3 Å². The van der Waals surface area contributed by atoms with Crippen LogP contribution in [0.5, 0.6) is 0 Å². The average Bonchev–Trinajstić information content (AvgIpc) is 2.51. The van der Waals surface area contributed by atoms with Crippen molar-refractivity contribution in [2.24, 2.45) is 0 Å². The third kappa shape index (κ3) is 3.38. The van der Waals surface area contributed by atoms with E-state index in [0.29, 0.717) is 6.04 Å². The number of likely N-dealkylation sites (N-methyl/N-ethyl adjacent to an activating group) is 1. The molecule has 4 heteroatoms. The van der Waals surface area contributed by atoms with Crippen molar-refractivity contribution >= 4 is 0 Å². The molecule has 2 rings (SSSR count). The van der Waals surface area contributed by atoms with Gasteiger partial charge in [-0.15, -0.1) is 0 Å². The molecule has 112 valence electrons. The maximum Gasteiger partial charge on any atom is 0.0678 e. The Bertz CT molecular complexity index is 393. The van der Waals surface area contributed by atoms with Crippen molar-refractivity contribution in [2.45, 2.75) is 24.9 Å². The maximum absolute atomic E-state index is 9.92. The summed E-state index contributed by atoms with van der Waals surface area (Å²) < 4.78 is 5.47. The Hall–Kier alpha value is -0.940. The second-order valence-electron chi connectivity index (χ2n) is 5.57. The number of nitrogens with zero attached hydrogens (tertiary/aromatic N) is 1. The van der Waals surface area contributed by atoms with E-state index in [9.17, 15) is 5.11 Å². The first-order chi connectivity index (χ1) is 9.72. The Labute approximate surface area is 121 Å². The largest absolute Gasteiger partial charge is 0.394 e. The number of hydrogen-bond donors (Lipinski definition) is 2. The molecular formula is C16H26N2O2. The van der Waals surface area contributed by atoms with E-state index >= 15 is 0 Å². The highest BCUT2D eigenvalue weighted by atomic mass is 16.5. The molecule has 20 heavy (non-hydrogen) atoms. The first kappa shape index (κ1) is 15.4. The van der Waals surface area contributed by atoms with E-state index in [0.717, 1.165) is 38.3 Å². The predicted molar refractivity (Wildman–Crippen MR) is 80.7 cm³/mol. The minimum atomic E-state index is -0.362. The van der Waals surface area contributed by atoms with Crippen molar-refractivity contribution in [3.8, 4) is 0 Å². The van der Waals surface area contributed by atoms with Crippen molar-refractivity contribution in [3.63, 3.8) is 0 Å². The molecule has 0 amide bonds. The van der Waals surface area contributed by atoms with Gasteiger partial charge in [-0.2, -0.15) is 0 Å². The minimum Gasteiger partial charge on any atom is -0.394 e. The maximum atomic E-state index is 9.92. The molecule has 0 radical (unpaired) electrons. The molecule has 0 bridgehead atoms. The zero-order chi connectivity index (χ0) is 14.4. The monoisotopic (exact) mass is 278 g/mol. The fourth-order valence-electron chi connectivity index (χ4n) is 2.85. The third-order valence-corrected chi connectivity index (χ3v) is 4.41. The van der Waals surface area contributed by atoms with Crippen LogP contribution in [0, 0.1) is 0 Å². The zero-order valence-corrected chi connectivity index (χ0v) is 12.5. The Morgan fingerprint density at radius 3 is 2.75 bits per heavy atom. The molecule has 0 spiro atoms. The van der Waals surface area contributed by atoms with Crippen LogP contribution < -0.4 is 5.32 Å². The van der Waals surface area contributed by atoms with Gasteiger partial charge in [0.25, 0.3) is 0 Å². The summed E-state index contributed by atoms with van der Waals surface area (Å²) in [7, 11) is 1.92. The number of ether oxygens (including phenoxy) is 1. The summed E-state index contributed by atoms with van der Waals surface area (Å²) in [5.41, 5.74) is 0.783. The quantitative estimate of drug-likeness (QED) is 0.821. The number of aliphatic hydroxyl groups excluding tert-OH is 1. The fourth-order valence-corrected chi connectivity index (χ4v) is 2.85. The molecule has 0 aliphatic carbocycles. The van der Waals surface area contributed by atoms with E-state index in [1.807, 2.05) is 25.2 Å². The molecule has 2 atom stereocenters. The first-order valence-corrected chi connectivity index (χ1v) is 7.39. The summed E-state index contributed by atoms with van der Waals surface area (Å²) in [6.07, 6.45) is 0.883. The Morgan fingerprint density at radius 2 is 2.15 bits per heavy atom. The SMILES string of the molecule is CNC(CO)(CCN1CCOCC1C)c1ccccc1. The van der Waals surface area contributed by atoms with Gasteiger partial charge in [0.05, 0.1) is 25.4 Å². The molecular weight excluding hydrogens is 252 g/mol. The van der Waals surface area contributed by atoms with E-state index in [-0.39, 0.29) is 12.1 Å². The van der Waals surface area contributed by atoms with Gasteiger partial charge >= 0.3 is 0 Å². The molecule has 1 aliphatic heterocycles. The minimum absolute atomic E-state index is 0.103. The highest BCUT2D eigenvalue weighted by molar-refractivity contribution is 5.24. The Balaban J connectivity index is 2.05. The van der Waals surface area contributed by atoms with Gasteiger partial charge in [0, 0.05) is 19.1 Å². The summed E-state index contributed by atoms with van der Waals surface area (Å²) in [6, 6.07) is 10.7. The number of aliphatic hydroxyl groups is 1. The third-order valence-electron chi connectivity index (χ3n) is 4.41. The van der Waals surface area contributed by atoms with E-state index in [1.54, 1.807) is 0 Å². The molecule has 1 aliphatic rings. The molecule has 2 unspecified atom stereocenters.